The molecule has 0 saturated carbocycles. The SMILES string of the molecule is C#Cc1cc2c(cc1C)SC(C)(C)CC2(C)C. The lowest BCUT2D eigenvalue weighted by Crippen LogP contribution is -2.33. The number of hydrogen-bond donors (Lipinski definition) is 0. The predicted octanol–water partition coefficient (Wildman–Crippen LogP) is 4.53. The number of thioether (sulfide) groups is 1. The highest BCUT2D eigenvalue weighted by Crippen LogP contribution is 2.51. The van der Waals surface area contributed by atoms with Crippen LogP contribution in [-0.2, 0) is 5.41 Å². The van der Waals surface area contributed by atoms with E-state index in [4.69, 9.17) is 6.42 Å². The highest BCUT2D eigenvalue weighted by molar-refractivity contribution is 8.00. The van der Waals surface area contributed by atoms with E-state index in [1.807, 2.05) is 11.8 Å². The van der Waals surface area contributed by atoms with Crippen LogP contribution in [0.1, 0.15) is 50.8 Å². The van der Waals surface area contributed by atoms with Crippen LogP contribution >= 0.6 is 11.8 Å². The number of hydrogen-bond acceptors (Lipinski definition) is 1. The molecule has 1 heteroatoms. The van der Waals surface area contributed by atoms with Gasteiger partial charge < -0.3 is 0 Å². The molecule has 0 unspecified atom stereocenters. The largest absolute Gasteiger partial charge is 0.120 e. The summed E-state index contributed by atoms with van der Waals surface area (Å²) in [7, 11) is 0. The third-order valence-electron chi connectivity index (χ3n) is 3.47. The van der Waals surface area contributed by atoms with Gasteiger partial charge in [0.25, 0.3) is 0 Å². The second-order valence-corrected chi connectivity index (χ2v) is 7.98. The Balaban J connectivity index is 2.64. The first-order chi connectivity index (χ1) is 7.75. The number of terminal acetylenes is 1. The fourth-order valence-electron chi connectivity index (χ4n) is 2.94. The van der Waals surface area contributed by atoms with Crippen molar-refractivity contribution in [2.24, 2.45) is 0 Å². The molecule has 17 heavy (non-hydrogen) atoms. The Morgan fingerprint density at radius 3 is 2.47 bits per heavy atom. The number of rotatable bonds is 0. The standard InChI is InChI=1S/C16H20S/c1-7-12-9-13-14(8-11(12)2)17-16(5,6)10-15(13,3)4/h1,8-9H,10H2,2-6H3. The van der Waals surface area contributed by atoms with Gasteiger partial charge in [-0.25, -0.2) is 0 Å². The third-order valence-corrected chi connectivity index (χ3v) is 4.72. The molecule has 0 amide bonds. The van der Waals surface area contributed by atoms with Gasteiger partial charge in [0.2, 0.25) is 0 Å². The molecule has 0 atom stereocenters. The van der Waals surface area contributed by atoms with E-state index in [9.17, 15) is 0 Å². The molecular formula is C16H20S. The van der Waals surface area contributed by atoms with Crippen molar-refractivity contribution in [3.05, 3.63) is 28.8 Å². The highest BCUT2D eigenvalue weighted by Gasteiger charge is 2.38. The molecule has 1 aromatic rings. The minimum absolute atomic E-state index is 0.212. The van der Waals surface area contributed by atoms with Crippen molar-refractivity contribution in [1.82, 2.24) is 0 Å². The summed E-state index contributed by atoms with van der Waals surface area (Å²) in [4.78, 5) is 1.41. The average Bonchev–Trinajstić information content (AvgIpc) is 2.13. The average molecular weight is 244 g/mol. The molecule has 0 nitrogen and oxygen atoms in total. The van der Waals surface area contributed by atoms with Gasteiger partial charge in [0.1, 0.15) is 0 Å². The minimum Gasteiger partial charge on any atom is -0.120 e. The molecule has 90 valence electrons. The van der Waals surface area contributed by atoms with E-state index in [1.165, 1.54) is 22.4 Å². The molecule has 0 radical (unpaired) electrons. The lowest BCUT2D eigenvalue weighted by molar-refractivity contribution is 0.408. The van der Waals surface area contributed by atoms with Gasteiger partial charge >= 0.3 is 0 Å². The molecule has 1 aromatic carbocycles. The van der Waals surface area contributed by atoms with E-state index in [0.717, 1.165) is 5.56 Å². The van der Waals surface area contributed by atoms with Crippen LogP contribution in [0.5, 0.6) is 0 Å². The Morgan fingerprint density at radius 1 is 1.24 bits per heavy atom. The van der Waals surface area contributed by atoms with E-state index in [0.29, 0.717) is 4.75 Å². The Kier molecular flexibility index (Phi) is 2.83. The summed E-state index contributed by atoms with van der Waals surface area (Å²) >= 11 is 1.98. The first-order valence-electron chi connectivity index (χ1n) is 6.06. The van der Waals surface area contributed by atoms with E-state index in [-0.39, 0.29) is 5.41 Å². The van der Waals surface area contributed by atoms with Crippen molar-refractivity contribution < 1.29 is 0 Å². The van der Waals surface area contributed by atoms with Crippen molar-refractivity contribution in [2.45, 2.75) is 56.1 Å². The number of benzene rings is 1. The topological polar surface area (TPSA) is 0 Å². The van der Waals surface area contributed by atoms with Crippen LogP contribution in [0.25, 0.3) is 0 Å². The van der Waals surface area contributed by atoms with Crippen LogP contribution in [0.4, 0.5) is 0 Å². The summed E-state index contributed by atoms with van der Waals surface area (Å²) in [5.41, 5.74) is 3.88. The lowest BCUT2D eigenvalue weighted by Gasteiger charge is -2.42. The number of fused-ring (bicyclic) bond motifs is 1. The molecule has 0 spiro atoms. The summed E-state index contributed by atoms with van der Waals surface area (Å²) in [6, 6.07) is 4.48. The molecule has 0 N–H and O–H groups in total. The van der Waals surface area contributed by atoms with E-state index < -0.39 is 0 Å². The second kappa shape index (κ2) is 3.82. The zero-order valence-corrected chi connectivity index (χ0v) is 12.2. The molecule has 1 aliphatic heterocycles. The van der Waals surface area contributed by atoms with Gasteiger partial charge in [-0.3, -0.25) is 0 Å². The van der Waals surface area contributed by atoms with Crippen molar-refractivity contribution >= 4 is 11.8 Å². The molecule has 1 aliphatic rings. The zero-order valence-electron chi connectivity index (χ0n) is 11.3. The van der Waals surface area contributed by atoms with Gasteiger partial charge in [-0.2, -0.15) is 0 Å². The van der Waals surface area contributed by atoms with Gasteiger partial charge in [-0.1, -0.05) is 33.6 Å². The summed E-state index contributed by atoms with van der Waals surface area (Å²) in [6.07, 6.45) is 6.75. The monoisotopic (exact) mass is 244 g/mol. The first-order valence-corrected chi connectivity index (χ1v) is 6.88. The predicted molar refractivity (Wildman–Crippen MR) is 76.7 cm³/mol. The van der Waals surface area contributed by atoms with Gasteiger partial charge in [0.15, 0.2) is 0 Å². The Bertz CT molecular complexity index is 501. The second-order valence-electron chi connectivity index (χ2n) is 6.23. The maximum atomic E-state index is 5.57. The Labute approximate surface area is 109 Å². The van der Waals surface area contributed by atoms with Crippen molar-refractivity contribution in [3.63, 3.8) is 0 Å². The molecular weight excluding hydrogens is 224 g/mol. The fourth-order valence-corrected chi connectivity index (χ4v) is 4.65. The molecule has 2 rings (SSSR count). The van der Waals surface area contributed by atoms with Gasteiger partial charge in [-0.15, -0.1) is 18.2 Å². The molecule has 0 saturated heterocycles. The zero-order chi connectivity index (χ0) is 12.8. The molecule has 0 aliphatic carbocycles. The smallest absolute Gasteiger partial charge is 0.0275 e. The molecule has 0 bridgehead atoms. The van der Waals surface area contributed by atoms with Gasteiger partial charge in [0.05, 0.1) is 0 Å². The summed E-state index contributed by atoms with van der Waals surface area (Å²) in [5.74, 6) is 2.79. The third kappa shape index (κ3) is 2.24. The molecule has 1 heterocycles. The van der Waals surface area contributed by atoms with Crippen LogP contribution in [0, 0.1) is 19.3 Å². The van der Waals surface area contributed by atoms with Crippen molar-refractivity contribution in [3.8, 4) is 12.3 Å². The first kappa shape index (κ1) is 12.6. The highest BCUT2D eigenvalue weighted by atomic mass is 32.2. The van der Waals surface area contributed by atoms with Crippen LogP contribution in [0.3, 0.4) is 0 Å². The van der Waals surface area contributed by atoms with Crippen LogP contribution in [0.15, 0.2) is 17.0 Å². The maximum absolute atomic E-state index is 5.57. The summed E-state index contributed by atoms with van der Waals surface area (Å²) < 4.78 is 0.306. The Morgan fingerprint density at radius 2 is 1.88 bits per heavy atom. The fraction of sp³-hybridized carbons (Fsp3) is 0.500. The minimum atomic E-state index is 0.212. The van der Waals surface area contributed by atoms with E-state index >= 15 is 0 Å². The quantitative estimate of drug-likeness (QED) is 0.604. The van der Waals surface area contributed by atoms with Crippen molar-refractivity contribution in [1.29, 1.82) is 0 Å². The lowest BCUT2D eigenvalue weighted by atomic mass is 9.76. The maximum Gasteiger partial charge on any atom is 0.0275 e. The molecule has 0 aromatic heterocycles. The summed E-state index contributed by atoms with van der Waals surface area (Å²) in [6.45, 7) is 11.4. The van der Waals surface area contributed by atoms with Crippen LogP contribution in [-0.4, -0.2) is 4.75 Å². The van der Waals surface area contributed by atoms with E-state index in [1.54, 1.807) is 0 Å². The molecule has 0 fully saturated rings. The normalized spacial score (nSPS) is 20.5. The van der Waals surface area contributed by atoms with Crippen LogP contribution in [0.2, 0.25) is 0 Å². The van der Waals surface area contributed by atoms with Crippen LogP contribution < -0.4 is 0 Å². The Hall–Kier alpha value is -0.870. The van der Waals surface area contributed by atoms with Crippen molar-refractivity contribution in [2.75, 3.05) is 0 Å². The number of aryl methyl sites for hydroxylation is 1. The van der Waals surface area contributed by atoms with E-state index in [2.05, 4.69) is 52.7 Å². The van der Waals surface area contributed by atoms with Gasteiger partial charge in [0, 0.05) is 15.2 Å². The summed E-state index contributed by atoms with van der Waals surface area (Å²) in [5, 5.41) is 0. The van der Waals surface area contributed by atoms with Gasteiger partial charge in [-0.05, 0) is 42.0 Å².